The topological polar surface area (TPSA) is 58.2 Å². The number of halogens is 3. The molecule has 2 N–H and O–H groups in total. The zero-order valence-corrected chi connectivity index (χ0v) is 13.9. The zero-order valence-electron chi connectivity index (χ0n) is 10.7. The highest BCUT2D eigenvalue weighted by atomic mass is 35.5. The molecule has 1 aliphatic heterocycles. The normalized spacial score (nSPS) is 19.4. The molecule has 1 heterocycles. The maximum absolute atomic E-state index is 12.1. The van der Waals surface area contributed by atoms with Gasteiger partial charge in [0.1, 0.15) is 4.90 Å². The van der Waals surface area contributed by atoms with Crippen molar-refractivity contribution in [1.82, 2.24) is 10.0 Å². The van der Waals surface area contributed by atoms with Crippen molar-refractivity contribution >= 4 is 45.6 Å². The summed E-state index contributed by atoms with van der Waals surface area (Å²) < 4.78 is 26.9. The second-order valence-corrected chi connectivity index (χ2v) is 7.15. The van der Waals surface area contributed by atoms with Gasteiger partial charge in [-0.25, -0.2) is 13.1 Å². The largest absolute Gasteiger partial charge is 0.313 e. The summed E-state index contributed by atoms with van der Waals surface area (Å²) in [7, 11) is -3.59. The van der Waals surface area contributed by atoms with E-state index in [0.717, 1.165) is 25.8 Å². The number of hydrogen-bond acceptors (Lipinski definition) is 3. The van der Waals surface area contributed by atoms with E-state index in [-0.39, 0.29) is 28.4 Å². The monoisotopic (exact) mass is 358 g/mol. The molecule has 0 radical (unpaired) electrons. The summed E-state index contributed by atoms with van der Waals surface area (Å²) in [6, 6.07) is 4.55. The van der Waals surface area contributed by atoms with Crippen LogP contribution < -0.4 is 10.0 Å². The van der Waals surface area contributed by atoms with E-state index in [9.17, 15) is 8.42 Å². The fourth-order valence-electron chi connectivity index (χ4n) is 2.08. The predicted molar refractivity (Wildman–Crippen MR) is 84.5 cm³/mol. The van der Waals surface area contributed by atoms with E-state index in [2.05, 4.69) is 10.0 Å². The molecule has 0 bridgehead atoms. The molecule has 0 spiro atoms. The Hall–Kier alpha value is -0.0400. The van der Waals surface area contributed by atoms with Gasteiger partial charge in [-0.3, -0.25) is 0 Å². The van der Waals surface area contributed by atoms with Gasteiger partial charge in [-0.15, -0.1) is 12.4 Å². The first kappa shape index (κ1) is 18.0. The minimum atomic E-state index is -3.59. The van der Waals surface area contributed by atoms with Crippen LogP contribution in [0.5, 0.6) is 0 Å². The van der Waals surface area contributed by atoms with Crippen LogP contribution in [-0.4, -0.2) is 27.5 Å². The Morgan fingerprint density at radius 3 is 2.65 bits per heavy atom. The lowest BCUT2D eigenvalue weighted by Gasteiger charge is -2.23. The Morgan fingerprint density at radius 2 is 2.05 bits per heavy atom. The molecule has 0 saturated carbocycles. The summed E-state index contributed by atoms with van der Waals surface area (Å²) in [6.07, 6.45) is 3.25. The minimum absolute atomic E-state index is 0. The van der Waals surface area contributed by atoms with E-state index in [1.165, 1.54) is 18.2 Å². The van der Waals surface area contributed by atoms with E-state index in [4.69, 9.17) is 23.2 Å². The number of piperidine rings is 1. The molecule has 1 fully saturated rings. The van der Waals surface area contributed by atoms with Crippen LogP contribution in [0.25, 0.3) is 0 Å². The van der Waals surface area contributed by atoms with Crippen molar-refractivity contribution in [2.24, 2.45) is 0 Å². The third-order valence-electron chi connectivity index (χ3n) is 3.12. The average molecular weight is 360 g/mol. The van der Waals surface area contributed by atoms with Crippen LogP contribution in [0, 0.1) is 0 Å². The summed E-state index contributed by atoms with van der Waals surface area (Å²) in [5.74, 6) is 0. The average Bonchev–Trinajstić information content (AvgIpc) is 2.37. The van der Waals surface area contributed by atoms with E-state index < -0.39 is 10.0 Å². The second-order valence-electron chi connectivity index (χ2n) is 4.57. The Kier molecular flexibility index (Phi) is 7.04. The maximum atomic E-state index is 12.1. The van der Waals surface area contributed by atoms with Crippen molar-refractivity contribution in [2.75, 3.05) is 13.1 Å². The molecule has 0 aromatic heterocycles. The maximum Gasteiger partial charge on any atom is 0.242 e. The second kappa shape index (κ2) is 7.82. The molecule has 1 atom stereocenters. The van der Waals surface area contributed by atoms with Crippen molar-refractivity contribution in [1.29, 1.82) is 0 Å². The molecule has 0 amide bonds. The molecule has 4 nitrogen and oxygen atoms in total. The van der Waals surface area contributed by atoms with Gasteiger partial charge in [0.15, 0.2) is 0 Å². The molecule has 0 aliphatic carbocycles. The molecular formula is C12H17Cl3N2O2S. The fraction of sp³-hybridized carbons (Fsp3) is 0.500. The molecule has 1 aromatic rings. The number of rotatable bonds is 4. The first-order valence-electron chi connectivity index (χ1n) is 6.17. The van der Waals surface area contributed by atoms with Crippen molar-refractivity contribution < 1.29 is 8.42 Å². The van der Waals surface area contributed by atoms with Gasteiger partial charge in [-0.1, -0.05) is 29.6 Å². The van der Waals surface area contributed by atoms with E-state index in [1.807, 2.05) is 0 Å². The Morgan fingerprint density at radius 1 is 1.30 bits per heavy atom. The molecule has 2 rings (SSSR count). The number of nitrogens with one attached hydrogen (secondary N) is 2. The van der Waals surface area contributed by atoms with Gasteiger partial charge in [0.05, 0.1) is 5.02 Å². The summed E-state index contributed by atoms with van der Waals surface area (Å²) in [5, 5.41) is 3.84. The van der Waals surface area contributed by atoms with Crippen molar-refractivity contribution in [3.63, 3.8) is 0 Å². The first-order valence-corrected chi connectivity index (χ1v) is 8.41. The predicted octanol–water partition coefficient (Wildman–Crippen LogP) is 2.84. The summed E-state index contributed by atoms with van der Waals surface area (Å²) >= 11 is 11.7. The van der Waals surface area contributed by atoms with Gasteiger partial charge in [0.25, 0.3) is 0 Å². The van der Waals surface area contributed by atoms with Gasteiger partial charge in [-0.05, 0) is 37.6 Å². The molecule has 20 heavy (non-hydrogen) atoms. The summed E-state index contributed by atoms with van der Waals surface area (Å²) in [4.78, 5) is 0.0642. The molecule has 1 saturated heterocycles. The fourth-order valence-corrected chi connectivity index (χ4v) is 3.93. The lowest BCUT2D eigenvalue weighted by atomic mass is 10.1. The third-order valence-corrected chi connectivity index (χ3v) is 5.26. The smallest absolute Gasteiger partial charge is 0.242 e. The highest BCUT2D eigenvalue weighted by Gasteiger charge is 2.20. The Labute approximate surface area is 135 Å². The van der Waals surface area contributed by atoms with Crippen LogP contribution in [0.1, 0.15) is 19.3 Å². The molecule has 1 aliphatic rings. The van der Waals surface area contributed by atoms with Crippen molar-refractivity contribution in [3.05, 3.63) is 28.2 Å². The standard InChI is InChI=1S/C12H16Cl2N2O2S.ClH/c13-9-4-5-12(11(14)7-9)19(17,18)16-8-10-3-1-2-6-15-10;/h4-5,7,10,15-16H,1-3,6,8H2;1H. The van der Waals surface area contributed by atoms with Gasteiger partial charge < -0.3 is 5.32 Å². The molecule has 1 unspecified atom stereocenters. The van der Waals surface area contributed by atoms with Crippen LogP contribution in [0.4, 0.5) is 0 Å². The van der Waals surface area contributed by atoms with Crippen LogP contribution in [0.2, 0.25) is 10.0 Å². The summed E-state index contributed by atoms with van der Waals surface area (Å²) in [6.45, 7) is 1.31. The minimum Gasteiger partial charge on any atom is -0.313 e. The molecule has 114 valence electrons. The van der Waals surface area contributed by atoms with Crippen LogP contribution in [0.3, 0.4) is 0 Å². The number of sulfonamides is 1. The Balaban J connectivity index is 0.00000200. The third kappa shape index (κ3) is 4.76. The van der Waals surface area contributed by atoms with Gasteiger partial charge >= 0.3 is 0 Å². The lowest BCUT2D eigenvalue weighted by Crippen LogP contribution is -2.43. The number of benzene rings is 1. The molecular weight excluding hydrogens is 343 g/mol. The highest BCUT2D eigenvalue weighted by molar-refractivity contribution is 7.89. The SMILES string of the molecule is Cl.O=S(=O)(NCC1CCCCN1)c1ccc(Cl)cc1Cl. The quantitative estimate of drug-likeness (QED) is 0.869. The lowest BCUT2D eigenvalue weighted by molar-refractivity contribution is 0.398. The van der Waals surface area contributed by atoms with Crippen molar-refractivity contribution in [2.45, 2.75) is 30.2 Å². The number of hydrogen-bond donors (Lipinski definition) is 2. The van der Waals surface area contributed by atoms with Crippen molar-refractivity contribution in [3.8, 4) is 0 Å². The highest BCUT2D eigenvalue weighted by Crippen LogP contribution is 2.24. The van der Waals surface area contributed by atoms with E-state index in [1.54, 1.807) is 0 Å². The van der Waals surface area contributed by atoms with Gasteiger partial charge in [0.2, 0.25) is 10.0 Å². The molecule has 1 aromatic carbocycles. The summed E-state index contributed by atoms with van der Waals surface area (Å²) in [5.41, 5.74) is 0. The van der Waals surface area contributed by atoms with Crippen LogP contribution in [-0.2, 0) is 10.0 Å². The van der Waals surface area contributed by atoms with Gasteiger partial charge in [0, 0.05) is 17.6 Å². The zero-order chi connectivity index (χ0) is 13.9. The van der Waals surface area contributed by atoms with E-state index >= 15 is 0 Å². The van der Waals surface area contributed by atoms with Gasteiger partial charge in [-0.2, -0.15) is 0 Å². The van der Waals surface area contributed by atoms with E-state index in [0.29, 0.717) is 11.6 Å². The van der Waals surface area contributed by atoms with Crippen LogP contribution >= 0.6 is 35.6 Å². The Bertz CT molecular complexity index is 546. The molecule has 8 heteroatoms. The van der Waals surface area contributed by atoms with Crippen LogP contribution in [0.15, 0.2) is 23.1 Å². The first-order chi connectivity index (χ1) is 8.99.